The van der Waals surface area contributed by atoms with Gasteiger partial charge in [0.1, 0.15) is 5.82 Å². The van der Waals surface area contributed by atoms with Crippen LogP contribution in [0.1, 0.15) is 0 Å². The van der Waals surface area contributed by atoms with Crippen molar-refractivity contribution in [3.05, 3.63) is 53.1 Å². The van der Waals surface area contributed by atoms with Gasteiger partial charge in [-0.2, -0.15) is 0 Å². The van der Waals surface area contributed by atoms with Crippen molar-refractivity contribution in [1.82, 2.24) is 18.8 Å². The second-order valence-electron chi connectivity index (χ2n) is 6.39. The van der Waals surface area contributed by atoms with Crippen LogP contribution in [0.5, 0.6) is 0 Å². The fraction of sp³-hybridized carbons (Fsp3) is 0.412. The molecule has 0 radical (unpaired) electrons. The third kappa shape index (κ3) is 3.95. The molecule has 26 heavy (non-hydrogen) atoms. The fourth-order valence-electron chi connectivity index (χ4n) is 2.86. The van der Waals surface area contributed by atoms with E-state index in [4.69, 9.17) is 0 Å². The Hall–Kier alpha value is -2.23. The summed E-state index contributed by atoms with van der Waals surface area (Å²) in [6.45, 7) is 3.52. The maximum absolute atomic E-state index is 12.3. The van der Waals surface area contributed by atoms with Crippen molar-refractivity contribution in [3.8, 4) is 0 Å². The predicted molar refractivity (Wildman–Crippen MR) is 99.6 cm³/mol. The first-order chi connectivity index (χ1) is 12.4. The van der Waals surface area contributed by atoms with Crippen molar-refractivity contribution < 1.29 is 8.42 Å². The first-order valence-corrected chi connectivity index (χ1v) is 9.83. The smallest absolute Gasteiger partial charge is 0.251 e. The molecule has 0 unspecified atom stereocenters. The van der Waals surface area contributed by atoms with Gasteiger partial charge in [0, 0.05) is 58.7 Å². The number of pyridine rings is 2. The summed E-state index contributed by atoms with van der Waals surface area (Å²) in [4.78, 5) is 20.9. The molecule has 3 rings (SSSR count). The van der Waals surface area contributed by atoms with Gasteiger partial charge in [-0.1, -0.05) is 6.07 Å². The lowest BCUT2D eigenvalue weighted by Gasteiger charge is -2.35. The molecule has 0 amide bonds. The summed E-state index contributed by atoms with van der Waals surface area (Å²) in [6.07, 6.45) is 3.20. The third-order valence-electron chi connectivity index (χ3n) is 4.43. The van der Waals surface area contributed by atoms with E-state index in [0.717, 1.165) is 36.3 Å². The molecule has 1 aliphatic heterocycles. The zero-order chi connectivity index (χ0) is 18.7. The van der Waals surface area contributed by atoms with E-state index in [1.165, 1.54) is 37.0 Å². The average Bonchev–Trinajstić information content (AvgIpc) is 2.64. The van der Waals surface area contributed by atoms with Crippen LogP contribution in [0.15, 0.2) is 52.4 Å². The van der Waals surface area contributed by atoms with Crippen molar-refractivity contribution in [1.29, 1.82) is 0 Å². The van der Waals surface area contributed by atoms with Gasteiger partial charge in [0.25, 0.3) is 5.56 Å². The highest BCUT2D eigenvalue weighted by Gasteiger charge is 2.21. The van der Waals surface area contributed by atoms with E-state index in [1.807, 2.05) is 18.2 Å². The molecule has 0 N–H and O–H groups in total. The summed E-state index contributed by atoms with van der Waals surface area (Å²) >= 11 is 0. The number of piperazine rings is 1. The van der Waals surface area contributed by atoms with Gasteiger partial charge in [0.05, 0.1) is 11.6 Å². The molecule has 3 heterocycles. The van der Waals surface area contributed by atoms with E-state index in [2.05, 4.69) is 14.8 Å². The Balaban J connectivity index is 1.70. The quantitative estimate of drug-likeness (QED) is 0.744. The van der Waals surface area contributed by atoms with Gasteiger partial charge in [-0.05, 0) is 18.2 Å². The van der Waals surface area contributed by atoms with Crippen molar-refractivity contribution in [2.24, 2.45) is 0 Å². The topological polar surface area (TPSA) is 78.8 Å². The molecule has 0 atom stereocenters. The van der Waals surface area contributed by atoms with E-state index in [0.29, 0.717) is 6.67 Å². The van der Waals surface area contributed by atoms with Gasteiger partial charge in [0.15, 0.2) is 0 Å². The van der Waals surface area contributed by atoms with Crippen LogP contribution in [-0.2, 0) is 16.7 Å². The Labute approximate surface area is 153 Å². The Bertz CT molecular complexity index is 903. The molecular formula is C17H23N5O3S. The van der Waals surface area contributed by atoms with Crippen LogP contribution in [0.25, 0.3) is 0 Å². The molecule has 2 aromatic rings. The molecule has 1 saturated heterocycles. The number of hydrogen-bond acceptors (Lipinski definition) is 6. The molecule has 0 saturated carbocycles. The standard InChI is InChI=1S/C17H23N5O3S/c1-19(2)26(24,25)15-6-7-17(23)22(13-15)14-20-9-11-21(12-10-20)16-5-3-4-8-18-16/h3-8,13H,9-12,14H2,1-2H3. The van der Waals surface area contributed by atoms with Crippen LogP contribution in [0.4, 0.5) is 5.82 Å². The highest BCUT2D eigenvalue weighted by molar-refractivity contribution is 7.89. The summed E-state index contributed by atoms with van der Waals surface area (Å²) in [5.41, 5.74) is -0.213. The normalized spacial score (nSPS) is 16.2. The van der Waals surface area contributed by atoms with Crippen LogP contribution < -0.4 is 10.5 Å². The summed E-state index contributed by atoms with van der Waals surface area (Å²) in [7, 11) is -0.616. The monoisotopic (exact) mass is 377 g/mol. The molecule has 0 bridgehead atoms. The summed E-state index contributed by atoms with van der Waals surface area (Å²) < 4.78 is 27.1. The largest absolute Gasteiger partial charge is 0.354 e. The van der Waals surface area contributed by atoms with Crippen LogP contribution in [0.3, 0.4) is 0 Å². The third-order valence-corrected chi connectivity index (χ3v) is 6.23. The zero-order valence-corrected chi connectivity index (χ0v) is 15.8. The van der Waals surface area contributed by atoms with Gasteiger partial charge >= 0.3 is 0 Å². The predicted octanol–water partition coefficient (Wildman–Crippen LogP) is 0.273. The number of aromatic nitrogens is 2. The minimum absolute atomic E-state index is 0.120. The number of anilines is 1. The Morgan fingerprint density at radius 2 is 1.81 bits per heavy atom. The number of rotatable bonds is 5. The lowest BCUT2D eigenvalue weighted by atomic mass is 10.3. The molecule has 1 aliphatic rings. The highest BCUT2D eigenvalue weighted by atomic mass is 32.2. The van der Waals surface area contributed by atoms with E-state index in [1.54, 1.807) is 6.20 Å². The second kappa shape index (κ2) is 7.56. The molecule has 0 aliphatic carbocycles. The Morgan fingerprint density at radius 3 is 2.42 bits per heavy atom. The Kier molecular flexibility index (Phi) is 5.40. The van der Waals surface area contributed by atoms with Crippen LogP contribution in [0.2, 0.25) is 0 Å². The van der Waals surface area contributed by atoms with Gasteiger partial charge in [-0.3, -0.25) is 9.69 Å². The Morgan fingerprint density at radius 1 is 1.08 bits per heavy atom. The van der Waals surface area contributed by atoms with E-state index in [-0.39, 0.29) is 10.5 Å². The molecule has 8 nitrogen and oxygen atoms in total. The molecule has 0 aromatic carbocycles. The van der Waals surface area contributed by atoms with Crippen LogP contribution in [-0.4, -0.2) is 67.4 Å². The van der Waals surface area contributed by atoms with E-state index < -0.39 is 10.0 Å². The number of nitrogens with zero attached hydrogens (tertiary/aromatic N) is 5. The van der Waals surface area contributed by atoms with Crippen LogP contribution >= 0.6 is 0 Å². The number of hydrogen-bond donors (Lipinski definition) is 0. The first-order valence-electron chi connectivity index (χ1n) is 8.39. The highest BCUT2D eigenvalue weighted by Crippen LogP contribution is 2.14. The SMILES string of the molecule is CN(C)S(=O)(=O)c1ccc(=O)n(CN2CCN(c3ccccn3)CC2)c1. The molecule has 0 spiro atoms. The van der Waals surface area contributed by atoms with Crippen molar-refractivity contribution in [2.75, 3.05) is 45.2 Å². The fourth-order valence-corrected chi connectivity index (χ4v) is 3.78. The molecular weight excluding hydrogens is 354 g/mol. The maximum Gasteiger partial charge on any atom is 0.251 e. The van der Waals surface area contributed by atoms with E-state index >= 15 is 0 Å². The minimum atomic E-state index is -3.56. The average molecular weight is 377 g/mol. The van der Waals surface area contributed by atoms with Gasteiger partial charge in [0.2, 0.25) is 10.0 Å². The lowest BCUT2D eigenvalue weighted by molar-refractivity contribution is 0.202. The summed E-state index contributed by atoms with van der Waals surface area (Å²) in [5, 5.41) is 0. The van der Waals surface area contributed by atoms with E-state index in [9.17, 15) is 13.2 Å². The lowest BCUT2D eigenvalue weighted by Crippen LogP contribution is -2.48. The summed E-state index contributed by atoms with van der Waals surface area (Å²) in [6, 6.07) is 8.50. The minimum Gasteiger partial charge on any atom is -0.354 e. The van der Waals surface area contributed by atoms with Crippen LogP contribution in [0, 0.1) is 0 Å². The molecule has 140 valence electrons. The van der Waals surface area contributed by atoms with Crippen molar-refractivity contribution in [2.45, 2.75) is 11.6 Å². The maximum atomic E-state index is 12.3. The van der Waals surface area contributed by atoms with Gasteiger partial charge in [-0.15, -0.1) is 0 Å². The van der Waals surface area contributed by atoms with Crippen molar-refractivity contribution >= 4 is 15.8 Å². The summed E-state index contributed by atoms with van der Waals surface area (Å²) in [5.74, 6) is 0.948. The second-order valence-corrected chi connectivity index (χ2v) is 8.55. The van der Waals surface area contributed by atoms with Gasteiger partial charge < -0.3 is 9.47 Å². The first kappa shape index (κ1) is 18.6. The molecule has 2 aromatic heterocycles. The molecule has 1 fully saturated rings. The number of sulfonamides is 1. The van der Waals surface area contributed by atoms with Crippen molar-refractivity contribution in [3.63, 3.8) is 0 Å². The molecule has 9 heteroatoms. The zero-order valence-electron chi connectivity index (χ0n) is 14.9. The van der Waals surface area contributed by atoms with Gasteiger partial charge in [-0.25, -0.2) is 17.7 Å².